The van der Waals surface area contributed by atoms with Crippen molar-refractivity contribution in [1.29, 1.82) is 5.26 Å². The second-order valence-corrected chi connectivity index (χ2v) is 5.91. The van der Waals surface area contributed by atoms with Crippen molar-refractivity contribution in [3.05, 3.63) is 83.6 Å². The maximum Gasteiger partial charge on any atom is 0.343 e. The standard InChI is InChI=1S/C22H18N4O3/c1-2-29-22(28)19-15-24-26(18-11-7-4-8-12-18)20(19)25-21(27)17(14-23)13-16-9-5-3-6-10-16/h3-13,15H,2H2,1H3,(H,25,27)/b17-13+. The molecule has 0 aliphatic heterocycles. The number of amides is 1. The van der Waals surface area contributed by atoms with Crippen molar-refractivity contribution in [2.75, 3.05) is 11.9 Å². The van der Waals surface area contributed by atoms with Crippen LogP contribution in [-0.4, -0.2) is 28.3 Å². The van der Waals surface area contributed by atoms with Gasteiger partial charge in [0.2, 0.25) is 0 Å². The number of para-hydroxylation sites is 1. The van der Waals surface area contributed by atoms with E-state index in [0.717, 1.165) is 0 Å². The van der Waals surface area contributed by atoms with E-state index in [1.54, 1.807) is 31.2 Å². The number of esters is 1. The molecular weight excluding hydrogens is 368 g/mol. The van der Waals surface area contributed by atoms with Crippen molar-refractivity contribution in [1.82, 2.24) is 9.78 Å². The van der Waals surface area contributed by atoms with Crippen molar-refractivity contribution >= 4 is 23.8 Å². The lowest BCUT2D eigenvalue weighted by Gasteiger charge is -2.11. The van der Waals surface area contributed by atoms with Gasteiger partial charge in [0.1, 0.15) is 17.2 Å². The normalized spacial score (nSPS) is 10.8. The van der Waals surface area contributed by atoms with Crippen LogP contribution in [0.3, 0.4) is 0 Å². The fourth-order valence-corrected chi connectivity index (χ4v) is 2.63. The Morgan fingerprint density at radius 2 is 1.79 bits per heavy atom. The number of nitriles is 1. The van der Waals surface area contributed by atoms with Crippen LogP contribution in [0.4, 0.5) is 5.82 Å². The van der Waals surface area contributed by atoms with E-state index >= 15 is 0 Å². The molecular formula is C22H18N4O3. The Balaban J connectivity index is 1.99. The Kier molecular flexibility index (Phi) is 6.18. The van der Waals surface area contributed by atoms with Crippen molar-refractivity contribution in [3.8, 4) is 11.8 Å². The third kappa shape index (κ3) is 4.57. The van der Waals surface area contributed by atoms with Gasteiger partial charge in [-0.05, 0) is 30.7 Å². The summed E-state index contributed by atoms with van der Waals surface area (Å²) in [4.78, 5) is 25.1. The van der Waals surface area contributed by atoms with Crippen molar-refractivity contribution < 1.29 is 14.3 Å². The summed E-state index contributed by atoms with van der Waals surface area (Å²) in [6.07, 6.45) is 2.80. The van der Waals surface area contributed by atoms with Crippen molar-refractivity contribution in [2.24, 2.45) is 0 Å². The van der Waals surface area contributed by atoms with Crippen LogP contribution in [0.25, 0.3) is 11.8 Å². The average Bonchev–Trinajstić information content (AvgIpc) is 3.17. The van der Waals surface area contributed by atoms with Crippen LogP contribution in [0.5, 0.6) is 0 Å². The van der Waals surface area contributed by atoms with Crippen LogP contribution >= 0.6 is 0 Å². The third-order valence-electron chi connectivity index (χ3n) is 3.97. The Labute approximate surface area is 167 Å². The third-order valence-corrected chi connectivity index (χ3v) is 3.97. The van der Waals surface area contributed by atoms with E-state index in [9.17, 15) is 14.9 Å². The molecule has 2 aromatic carbocycles. The second-order valence-electron chi connectivity index (χ2n) is 5.91. The van der Waals surface area contributed by atoms with Gasteiger partial charge >= 0.3 is 5.97 Å². The highest BCUT2D eigenvalue weighted by molar-refractivity contribution is 6.11. The number of benzene rings is 2. The highest BCUT2D eigenvalue weighted by atomic mass is 16.5. The molecule has 3 rings (SSSR count). The van der Waals surface area contributed by atoms with Gasteiger partial charge in [0.25, 0.3) is 5.91 Å². The van der Waals surface area contributed by atoms with Gasteiger partial charge in [0.15, 0.2) is 5.82 Å². The number of hydrogen-bond acceptors (Lipinski definition) is 5. The molecule has 1 aromatic heterocycles. The lowest BCUT2D eigenvalue weighted by Crippen LogP contribution is -2.19. The summed E-state index contributed by atoms with van der Waals surface area (Å²) < 4.78 is 6.48. The number of carbonyl (C=O) groups is 2. The molecule has 0 aliphatic carbocycles. The van der Waals surface area contributed by atoms with Crippen molar-refractivity contribution in [2.45, 2.75) is 6.92 Å². The molecule has 7 heteroatoms. The lowest BCUT2D eigenvalue weighted by atomic mass is 10.1. The molecule has 0 radical (unpaired) electrons. The first kappa shape index (κ1) is 19.6. The number of hydrogen-bond donors (Lipinski definition) is 1. The van der Waals surface area contributed by atoms with E-state index in [2.05, 4.69) is 10.4 Å². The van der Waals surface area contributed by atoms with Gasteiger partial charge in [-0.15, -0.1) is 0 Å². The number of ether oxygens (including phenoxy) is 1. The van der Waals surface area contributed by atoms with Crippen LogP contribution in [0.15, 0.2) is 72.4 Å². The van der Waals surface area contributed by atoms with E-state index in [1.807, 2.05) is 42.5 Å². The molecule has 0 aliphatic rings. The highest BCUT2D eigenvalue weighted by Gasteiger charge is 2.22. The van der Waals surface area contributed by atoms with Crippen LogP contribution in [0.2, 0.25) is 0 Å². The molecule has 1 N–H and O–H groups in total. The maximum absolute atomic E-state index is 12.8. The molecule has 0 unspecified atom stereocenters. The largest absolute Gasteiger partial charge is 0.462 e. The first-order chi connectivity index (χ1) is 14.1. The van der Waals surface area contributed by atoms with Gasteiger partial charge in [0, 0.05) is 0 Å². The monoisotopic (exact) mass is 386 g/mol. The van der Waals surface area contributed by atoms with E-state index in [4.69, 9.17) is 4.74 Å². The Hall–Kier alpha value is -4.18. The molecule has 0 spiro atoms. The Morgan fingerprint density at radius 1 is 1.14 bits per heavy atom. The number of anilines is 1. The number of aromatic nitrogens is 2. The quantitative estimate of drug-likeness (QED) is 0.397. The van der Waals surface area contributed by atoms with Gasteiger partial charge < -0.3 is 10.1 Å². The zero-order valence-corrected chi connectivity index (χ0v) is 15.7. The minimum Gasteiger partial charge on any atom is -0.462 e. The molecule has 144 valence electrons. The number of nitrogens with zero attached hydrogens (tertiary/aromatic N) is 3. The van der Waals surface area contributed by atoms with E-state index < -0.39 is 11.9 Å². The smallest absolute Gasteiger partial charge is 0.343 e. The summed E-state index contributed by atoms with van der Waals surface area (Å²) in [6.45, 7) is 1.87. The average molecular weight is 386 g/mol. The molecule has 0 fully saturated rings. The number of rotatable bonds is 6. The maximum atomic E-state index is 12.8. The van der Waals surface area contributed by atoms with E-state index in [0.29, 0.717) is 11.3 Å². The first-order valence-electron chi connectivity index (χ1n) is 8.92. The molecule has 0 saturated carbocycles. The summed E-state index contributed by atoms with van der Waals surface area (Å²) in [7, 11) is 0. The minimum atomic E-state index is -0.653. The second kappa shape index (κ2) is 9.15. The summed E-state index contributed by atoms with van der Waals surface area (Å²) in [5.74, 6) is -1.14. The van der Waals surface area contributed by atoms with Gasteiger partial charge in [0.05, 0.1) is 18.5 Å². The van der Waals surface area contributed by atoms with E-state index in [1.165, 1.54) is 17.0 Å². The van der Waals surface area contributed by atoms with E-state index in [-0.39, 0.29) is 23.6 Å². The van der Waals surface area contributed by atoms with Gasteiger partial charge in [-0.25, -0.2) is 9.48 Å². The van der Waals surface area contributed by atoms with Crippen LogP contribution in [0.1, 0.15) is 22.8 Å². The summed E-state index contributed by atoms with van der Waals surface area (Å²) >= 11 is 0. The molecule has 7 nitrogen and oxygen atoms in total. The summed E-state index contributed by atoms with van der Waals surface area (Å²) in [5, 5.41) is 16.3. The van der Waals surface area contributed by atoms with Gasteiger partial charge in [-0.1, -0.05) is 48.5 Å². The SMILES string of the molecule is CCOC(=O)c1cnn(-c2ccccc2)c1NC(=O)/C(C#N)=C/c1ccccc1. The van der Waals surface area contributed by atoms with Crippen LogP contribution in [0, 0.1) is 11.3 Å². The molecule has 0 bridgehead atoms. The zero-order chi connectivity index (χ0) is 20.6. The minimum absolute atomic E-state index is 0.0982. The topological polar surface area (TPSA) is 97.0 Å². The number of nitrogens with one attached hydrogen (secondary N) is 1. The van der Waals surface area contributed by atoms with Gasteiger partial charge in [-0.3, -0.25) is 4.79 Å². The zero-order valence-electron chi connectivity index (χ0n) is 15.7. The molecule has 1 amide bonds. The summed E-state index contributed by atoms with van der Waals surface area (Å²) in [6, 6.07) is 19.9. The fourth-order valence-electron chi connectivity index (χ4n) is 2.63. The molecule has 0 atom stereocenters. The molecule has 0 saturated heterocycles. The number of carbonyl (C=O) groups excluding carboxylic acids is 2. The fraction of sp³-hybridized carbons (Fsp3) is 0.0909. The van der Waals surface area contributed by atoms with Crippen LogP contribution < -0.4 is 5.32 Å². The molecule has 1 heterocycles. The molecule has 29 heavy (non-hydrogen) atoms. The van der Waals surface area contributed by atoms with Crippen LogP contribution in [-0.2, 0) is 9.53 Å². The Bertz CT molecular complexity index is 1080. The lowest BCUT2D eigenvalue weighted by molar-refractivity contribution is -0.112. The van der Waals surface area contributed by atoms with Gasteiger partial charge in [-0.2, -0.15) is 10.4 Å². The predicted molar refractivity (Wildman–Crippen MR) is 108 cm³/mol. The Morgan fingerprint density at radius 3 is 2.41 bits per heavy atom. The first-order valence-corrected chi connectivity index (χ1v) is 8.92. The predicted octanol–water partition coefficient (Wildman–Crippen LogP) is 3.59. The van der Waals surface area contributed by atoms with Crippen molar-refractivity contribution in [3.63, 3.8) is 0 Å². The molecule has 3 aromatic rings. The summed E-state index contributed by atoms with van der Waals surface area (Å²) in [5.41, 5.74) is 1.35. The highest BCUT2D eigenvalue weighted by Crippen LogP contribution is 2.22.